The monoisotopic (exact) mass is 537 g/mol. The first-order chi connectivity index (χ1) is 18.3. The van der Waals surface area contributed by atoms with Gasteiger partial charge in [-0.2, -0.15) is 0 Å². The maximum Gasteiger partial charge on any atom is 0.256 e. The van der Waals surface area contributed by atoms with Gasteiger partial charge in [0.15, 0.2) is 11.6 Å². The molecule has 3 aromatic rings. The Morgan fingerprint density at radius 1 is 1.05 bits per heavy atom. The number of amides is 2. The van der Waals surface area contributed by atoms with E-state index < -0.39 is 5.54 Å². The highest BCUT2D eigenvalue weighted by Gasteiger charge is 2.40. The molecule has 0 aliphatic carbocycles. The topological polar surface area (TPSA) is 125 Å². The number of nitrogens with two attached hydrogens (primary N) is 1. The van der Waals surface area contributed by atoms with Crippen molar-refractivity contribution in [2.75, 3.05) is 35.2 Å². The average Bonchev–Trinajstić information content (AvgIpc) is 2.93. The summed E-state index contributed by atoms with van der Waals surface area (Å²) in [6, 6.07) is 14.6. The molecule has 2 heterocycles. The molecule has 1 aromatic heterocycles. The Bertz CT molecular complexity index is 1240. The lowest BCUT2D eigenvalue weighted by Gasteiger charge is -2.41. The second-order valence-corrected chi connectivity index (χ2v) is 9.22. The number of aryl methyl sites for hydroxylation is 1. The fourth-order valence-electron chi connectivity index (χ4n) is 4.45. The van der Waals surface area contributed by atoms with Crippen molar-refractivity contribution in [3.63, 3.8) is 0 Å². The number of piperidine rings is 1. The molecule has 10 heteroatoms. The Labute approximate surface area is 229 Å². The van der Waals surface area contributed by atoms with Crippen molar-refractivity contribution in [2.24, 2.45) is 5.73 Å². The first-order valence-corrected chi connectivity index (χ1v) is 13.3. The zero-order valence-corrected chi connectivity index (χ0v) is 23.1. The van der Waals surface area contributed by atoms with Crippen molar-refractivity contribution in [3.8, 4) is 0 Å². The fraction of sp³-hybridized carbons (Fsp3) is 0.357. The van der Waals surface area contributed by atoms with Gasteiger partial charge < -0.3 is 26.6 Å². The molecule has 2 aromatic carbocycles. The largest absolute Gasteiger partial charge is 0.368 e. The van der Waals surface area contributed by atoms with Crippen LogP contribution in [-0.2, 0) is 4.79 Å². The Balaban J connectivity index is 0.00000195. The number of nitrogens with one attached hydrogen (secondary N) is 3. The number of primary amides is 1. The number of benzene rings is 2. The number of carbonyl (C=O) groups excluding carboxylic acids is 2. The smallest absolute Gasteiger partial charge is 0.256 e. The van der Waals surface area contributed by atoms with Crippen LogP contribution in [0.15, 0.2) is 54.9 Å². The van der Waals surface area contributed by atoms with Gasteiger partial charge in [-0.3, -0.25) is 9.59 Å². The van der Waals surface area contributed by atoms with Crippen LogP contribution in [0.1, 0.15) is 49.5 Å². The Morgan fingerprint density at radius 3 is 2.32 bits per heavy atom. The van der Waals surface area contributed by atoms with E-state index in [1.165, 1.54) is 6.33 Å². The predicted molar refractivity (Wildman–Crippen MR) is 154 cm³/mol. The number of hydrogen-bond donors (Lipinski definition) is 4. The summed E-state index contributed by atoms with van der Waals surface area (Å²) in [7, 11) is 0. The number of hydrogen-bond acceptors (Lipinski definition) is 7. The Hall–Kier alpha value is -3.69. The van der Waals surface area contributed by atoms with Gasteiger partial charge in [0, 0.05) is 29.4 Å². The summed E-state index contributed by atoms with van der Waals surface area (Å²) in [5, 5.41) is 10.2. The van der Waals surface area contributed by atoms with Crippen molar-refractivity contribution in [2.45, 2.75) is 46.1 Å². The molecular weight excluding hydrogens is 502 g/mol. The highest BCUT2D eigenvalue weighted by Crippen LogP contribution is 2.35. The molecule has 0 atom stereocenters. The molecular formula is C28H36ClN7O2. The molecule has 1 saturated heterocycles. The molecule has 0 unspecified atom stereocenters. The van der Waals surface area contributed by atoms with E-state index in [2.05, 4.69) is 25.9 Å². The fourth-order valence-corrected chi connectivity index (χ4v) is 4.58. The molecule has 202 valence electrons. The Kier molecular flexibility index (Phi) is 10.0. The lowest BCUT2D eigenvalue weighted by atomic mass is 9.86. The van der Waals surface area contributed by atoms with Crippen LogP contribution in [0.3, 0.4) is 0 Å². The van der Waals surface area contributed by atoms with Crippen molar-refractivity contribution in [3.05, 3.63) is 71.0 Å². The van der Waals surface area contributed by atoms with E-state index in [1.807, 2.05) is 62.9 Å². The minimum Gasteiger partial charge on any atom is -0.368 e. The minimum atomic E-state index is -0.757. The molecule has 5 N–H and O–H groups in total. The van der Waals surface area contributed by atoms with Gasteiger partial charge in [-0.15, -0.1) is 0 Å². The van der Waals surface area contributed by atoms with E-state index in [1.54, 1.807) is 18.2 Å². The normalized spacial score (nSPS) is 14.2. The summed E-state index contributed by atoms with van der Waals surface area (Å²) in [5.74, 6) is 0.393. The third-order valence-electron chi connectivity index (χ3n) is 6.47. The second-order valence-electron chi connectivity index (χ2n) is 8.79. The number of halogens is 1. The number of nitrogens with zero attached hydrogens (tertiary/aromatic N) is 3. The van der Waals surface area contributed by atoms with Crippen molar-refractivity contribution < 1.29 is 9.59 Å². The van der Waals surface area contributed by atoms with Gasteiger partial charge in [-0.1, -0.05) is 50.6 Å². The van der Waals surface area contributed by atoms with Crippen LogP contribution in [0.25, 0.3) is 0 Å². The lowest BCUT2D eigenvalue weighted by Crippen LogP contribution is -2.61. The van der Waals surface area contributed by atoms with E-state index in [4.69, 9.17) is 17.3 Å². The van der Waals surface area contributed by atoms with Gasteiger partial charge in [0.05, 0.1) is 0 Å². The molecule has 0 radical (unpaired) electrons. The van der Waals surface area contributed by atoms with Gasteiger partial charge in [-0.05, 0) is 62.2 Å². The van der Waals surface area contributed by atoms with Crippen LogP contribution in [-0.4, -0.2) is 47.0 Å². The summed E-state index contributed by atoms with van der Waals surface area (Å²) in [5.41, 5.74) is 7.62. The third kappa shape index (κ3) is 6.59. The number of likely N-dealkylation sites (N-methyl/N-ethyl adjacent to an activating group) is 1. The molecule has 2 amide bonds. The number of anilines is 4. The zero-order chi connectivity index (χ0) is 27.7. The average molecular weight is 538 g/mol. The second kappa shape index (κ2) is 13.2. The van der Waals surface area contributed by atoms with Crippen molar-refractivity contribution in [1.29, 1.82) is 0 Å². The van der Waals surface area contributed by atoms with E-state index in [0.717, 1.165) is 11.3 Å². The van der Waals surface area contributed by atoms with Gasteiger partial charge >= 0.3 is 0 Å². The van der Waals surface area contributed by atoms with Gasteiger partial charge in [0.2, 0.25) is 5.91 Å². The summed E-state index contributed by atoms with van der Waals surface area (Å²) in [6.07, 6.45) is 2.49. The van der Waals surface area contributed by atoms with E-state index in [0.29, 0.717) is 60.4 Å². The highest BCUT2D eigenvalue weighted by atomic mass is 35.5. The SMILES string of the molecule is CC.CCNC1(C(N)=O)CCN(c2ncnc(Nc3ccc(Cl)cc3)c2NC(=O)c2ccccc2C)CC1. The first-order valence-electron chi connectivity index (χ1n) is 12.9. The zero-order valence-electron chi connectivity index (χ0n) is 22.3. The summed E-state index contributed by atoms with van der Waals surface area (Å²) >= 11 is 6.04. The van der Waals surface area contributed by atoms with Crippen LogP contribution >= 0.6 is 11.6 Å². The maximum absolute atomic E-state index is 13.3. The van der Waals surface area contributed by atoms with Crippen LogP contribution in [0.5, 0.6) is 0 Å². The van der Waals surface area contributed by atoms with Crippen LogP contribution in [0.4, 0.5) is 23.0 Å². The molecule has 0 saturated carbocycles. The van der Waals surface area contributed by atoms with Crippen LogP contribution in [0.2, 0.25) is 5.02 Å². The summed E-state index contributed by atoms with van der Waals surface area (Å²) in [6.45, 7) is 9.54. The van der Waals surface area contributed by atoms with Crippen molar-refractivity contribution >= 4 is 46.4 Å². The van der Waals surface area contributed by atoms with E-state index in [9.17, 15) is 9.59 Å². The highest BCUT2D eigenvalue weighted by molar-refractivity contribution is 6.30. The predicted octanol–water partition coefficient (Wildman–Crippen LogP) is 4.89. The van der Waals surface area contributed by atoms with Crippen LogP contribution in [0, 0.1) is 6.92 Å². The molecule has 1 aliphatic heterocycles. The summed E-state index contributed by atoms with van der Waals surface area (Å²) in [4.78, 5) is 36.5. The van der Waals surface area contributed by atoms with Gasteiger partial charge in [-0.25, -0.2) is 9.97 Å². The van der Waals surface area contributed by atoms with Crippen molar-refractivity contribution in [1.82, 2.24) is 15.3 Å². The quantitative estimate of drug-likeness (QED) is 0.322. The first kappa shape index (κ1) is 28.9. The third-order valence-corrected chi connectivity index (χ3v) is 6.72. The molecule has 1 fully saturated rings. The number of carbonyl (C=O) groups is 2. The van der Waals surface area contributed by atoms with Crippen LogP contribution < -0.4 is 26.6 Å². The maximum atomic E-state index is 13.3. The molecule has 38 heavy (non-hydrogen) atoms. The molecule has 4 rings (SSSR count). The molecule has 0 spiro atoms. The molecule has 1 aliphatic rings. The standard InChI is InChI=1S/C26H30ClN7O2.C2H6/c1-3-31-26(25(28)36)12-14-34(15-13-26)23-21(33-24(35)20-7-5-4-6-17(20)2)22(29-16-30-23)32-19-10-8-18(27)9-11-19;1-2/h4-11,16,31H,3,12-15H2,1-2H3,(H2,28,36)(H,33,35)(H,29,30,32);1-2H3. The van der Waals surface area contributed by atoms with Gasteiger partial charge in [0.25, 0.3) is 5.91 Å². The number of rotatable bonds is 8. The molecule has 9 nitrogen and oxygen atoms in total. The lowest BCUT2D eigenvalue weighted by molar-refractivity contribution is -0.125. The Morgan fingerprint density at radius 2 is 1.71 bits per heavy atom. The van der Waals surface area contributed by atoms with Gasteiger partial charge in [0.1, 0.15) is 17.6 Å². The minimum absolute atomic E-state index is 0.264. The number of aromatic nitrogens is 2. The van der Waals surface area contributed by atoms with E-state index in [-0.39, 0.29) is 11.8 Å². The summed E-state index contributed by atoms with van der Waals surface area (Å²) < 4.78 is 0. The molecule has 0 bridgehead atoms. The van der Waals surface area contributed by atoms with E-state index >= 15 is 0 Å².